The summed E-state index contributed by atoms with van der Waals surface area (Å²) in [5.41, 5.74) is -1.17. The van der Waals surface area contributed by atoms with E-state index in [-0.39, 0.29) is 17.5 Å². The molecule has 1 amide bonds. The Kier molecular flexibility index (Phi) is 6.37. The van der Waals surface area contributed by atoms with Gasteiger partial charge in [0.1, 0.15) is 0 Å². The lowest BCUT2D eigenvalue weighted by atomic mass is 10.1. The predicted octanol–water partition coefficient (Wildman–Crippen LogP) is 5.63. The molecule has 1 N–H and O–H groups in total. The highest BCUT2D eigenvalue weighted by atomic mass is 79.9. The number of nitrogens with zero attached hydrogens (tertiary/aromatic N) is 3. The van der Waals surface area contributed by atoms with Crippen LogP contribution in [0.15, 0.2) is 50.6 Å². The summed E-state index contributed by atoms with van der Waals surface area (Å²) in [6.45, 7) is 3.85. The number of benzene rings is 1. The van der Waals surface area contributed by atoms with Crippen molar-refractivity contribution in [3.8, 4) is 11.6 Å². The third kappa shape index (κ3) is 5.02. The number of amides is 1. The number of halogens is 4. The summed E-state index contributed by atoms with van der Waals surface area (Å²) in [6, 6.07) is 8.28. The minimum atomic E-state index is -4.55. The van der Waals surface area contributed by atoms with Crippen LogP contribution in [0.3, 0.4) is 0 Å². The largest absolute Gasteiger partial charge is 0.446 e. The summed E-state index contributed by atoms with van der Waals surface area (Å²) in [6.07, 6.45) is -4.55. The Bertz CT molecular complexity index is 1020. The van der Waals surface area contributed by atoms with Crippen LogP contribution in [0, 0.1) is 0 Å². The third-order valence-electron chi connectivity index (χ3n) is 3.81. The van der Waals surface area contributed by atoms with E-state index >= 15 is 0 Å². The van der Waals surface area contributed by atoms with Gasteiger partial charge in [-0.1, -0.05) is 23.9 Å². The molecule has 0 aliphatic carbocycles. The number of thioether (sulfide) groups is 1. The van der Waals surface area contributed by atoms with Gasteiger partial charge in [-0.2, -0.15) is 13.2 Å². The van der Waals surface area contributed by atoms with Gasteiger partial charge in [-0.3, -0.25) is 9.36 Å². The first-order valence-electron chi connectivity index (χ1n) is 8.46. The van der Waals surface area contributed by atoms with E-state index in [1.54, 1.807) is 16.7 Å². The van der Waals surface area contributed by atoms with E-state index in [2.05, 4.69) is 31.4 Å². The molecule has 3 aromatic rings. The van der Waals surface area contributed by atoms with E-state index < -0.39 is 17.6 Å². The van der Waals surface area contributed by atoms with Gasteiger partial charge < -0.3 is 9.73 Å². The van der Waals surface area contributed by atoms with E-state index in [9.17, 15) is 18.0 Å². The second kappa shape index (κ2) is 8.62. The van der Waals surface area contributed by atoms with Crippen molar-refractivity contribution in [1.29, 1.82) is 0 Å². The van der Waals surface area contributed by atoms with E-state index in [0.29, 0.717) is 21.4 Å². The number of hydrogen-bond acceptors (Lipinski definition) is 5. The third-order valence-corrected chi connectivity index (χ3v) is 5.18. The van der Waals surface area contributed by atoms with Crippen molar-refractivity contribution in [3.05, 3.63) is 46.6 Å². The predicted molar refractivity (Wildman–Crippen MR) is 107 cm³/mol. The summed E-state index contributed by atoms with van der Waals surface area (Å²) >= 11 is 4.32. The molecule has 1 aromatic carbocycles. The maximum absolute atomic E-state index is 13.1. The summed E-state index contributed by atoms with van der Waals surface area (Å²) in [4.78, 5) is 12.2. The van der Waals surface area contributed by atoms with Crippen LogP contribution in [0.4, 0.5) is 18.9 Å². The van der Waals surface area contributed by atoms with E-state index in [0.717, 1.165) is 17.8 Å². The van der Waals surface area contributed by atoms with E-state index in [1.165, 1.54) is 18.2 Å². The highest BCUT2D eigenvalue weighted by Crippen LogP contribution is 2.35. The first-order valence-corrected chi connectivity index (χ1v) is 10.2. The maximum Gasteiger partial charge on any atom is 0.418 e. The normalized spacial score (nSPS) is 11.8. The molecule has 0 fully saturated rings. The minimum absolute atomic E-state index is 0.0274. The zero-order valence-electron chi connectivity index (χ0n) is 15.3. The topological polar surface area (TPSA) is 73.0 Å². The average Bonchev–Trinajstić information content (AvgIpc) is 3.25. The Labute approximate surface area is 177 Å². The molecule has 0 spiro atoms. The number of carbonyl (C=O) groups excluding carboxylic acids is 1. The average molecular weight is 489 g/mol. The number of furan rings is 1. The molecule has 0 aliphatic heterocycles. The van der Waals surface area contributed by atoms with Crippen LogP contribution in [-0.2, 0) is 11.0 Å². The molecule has 0 saturated carbocycles. The fourth-order valence-electron chi connectivity index (χ4n) is 2.60. The molecule has 2 aromatic heterocycles. The number of para-hydroxylation sites is 1. The molecule has 0 aliphatic rings. The number of anilines is 1. The first-order chi connectivity index (χ1) is 13.7. The molecule has 0 atom stereocenters. The number of aromatic nitrogens is 3. The highest BCUT2D eigenvalue weighted by molar-refractivity contribution is 9.10. The van der Waals surface area contributed by atoms with Crippen molar-refractivity contribution in [1.82, 2.24) is 14.8 Å². The fraction of sp³-hybridized carbons (Fsp3) is 0.278. The molecule has 2 heterocycles. The molecule has 154 valence electrons. The van der Waals surface area contributed by atoms with Gasteiger partial charge in [0.15, 0.2) is 15.6 Å². The Balaban J connectivity index is 1.74. The first kappa shape index (κ1) is 21.4. The van der Waals surface area contributed by atoms with Crippen LogP contribution in [0.1, 0.15) is 25.5 Å². The van der Waals surface area contributed by atoms with Crippen molar-refractivity contribution in [2.75, 3.05) is 11.1 Å². The van der Waals surface area contributed by atoms with Crippen LogP contribution in [0.5, 0.6) is 0 Å². The summed E-state index contributed by atoms with van der Waals surface area (Å²) in [7, 11) is 0. The minimum Gasteiger partial charge on any atom is -0.446 e. The zero-order chi connectivity index (χ0) is 21.2. The Morgan fingerprint density at radius 3 is 2.59 bits per heavy atom. The van der Waals surface area contributed by atoms with Crippen LogP contribution >= 0.6 is 27.7 Å². The van der Waals surface area contributed by atoms with Crippen molar-refractivity contribution in [2.24, 2.45) is 0 Å². The molecule has 0 radical (unpaired) electrons. The van der Waals surface area contributed by atoms with E-state index in [4.69, 9.17) is 4.42 Å². The molecule has 0 bridgehead atoms. The van der Waals surface area contributed by atoms with Gasteiger partial charge in [-0.15, -0.1) is 10.2 Å². The van der Waals surface area contributed by atoms with Crippen molar-refractivity contribution in [3.63, 3.8) is 0 Å². The van der Waals surface area contributed by atoms with Crippen molar-refractivity contribution < 1.29 is 22.4 Å². The van der Waals surface area contributed by atoms with Crippen LogP contribution in [0.2, 0.25) is 0 Å². The van der Waals surface area contributed by atoms with Crippen molar-refractivity contribution in [2.45, 2.75) is 31.2 Å². The fourth-order valence-corrected chi connectivity index (χ4v) is 3.77. The lowest BCUT2D eigenvalue weighted by Crippen LogP contribution is -2.18. The number of nitrogens with one attached hydrogen (secondary N) is 1. The van der Waals surface area contributed by atoms with Crippen LogP contribution < -0.4 is 5.32 Å². The summed E-state index contributed by atoms with van der Waals surface area (Å²) in [5.74, 6) is 0.302. The number of carbonyl (C=O) groups is 1. The second-order valence-corrected chi connectivity index (χ2v) is 7.98. The SMILES string of the molecule is CC(C)n1c(SCC(=O)Nc2ccccc2C(F)(F)F)nnc1-c1ccc(Br)o1. The molecule has 29 heavy (non-hydrogen) atoms. The Morgan fingerprint density at radius 1 is 1.24 bits per heavy atom. The van der Waals surface area contributed by atoms with Gasteiger partial charge in [0, 0.05) is 6.04 Å². The van der Waals surface area contributed by atoms with Crippen LogP contribution in [0.25, 0.3) is 11.6 Å². The molecule has 0 unspecified atom stereocenters. The summed E-state index contributed by atoms with van der Waals surface area (Å²) < 4.78 is 47.1. The van der Waals surface area contributed by atoms with Crippen molar-refractivity contribution >= 4 is 39.3 Å². The zero-order valence-corrected chi connectivity index (χ0v) is 17.7. The standard InChI is InChI=1S/C18H16BrF3N4O2S/c1-10(2)26-16(13-7-8-14(19)28-13)24-25-17(26)29-9-15(27)23-12-6-4-3-5-11(12)18(20,21)22/h3-8,10H,9H2,1-2H3,(H,23,27). The molecular formula is C18H16BrF3N4O2S. The Morgan fingerprint density at radius 2 is 1.97 bits per heavy atom. The summed E-state index contributed by atoms with van der Waals surface area (Å²) in [5, 5.41) is 11.0. The maximum atomic E-state index is 13.1. The highest BCUT2D eigenvalue weighted by Gasteiger charge is 2.33. The van der Waals surface area contributed by atoms with Gasteiger partial charge in [-0.05, 0) is 54.0 Å². The Hall–Kier alpha value is -2.27. The smallest absolute Gasteiger partial charge is 0.418 e. The monoisotopic (exact) mass is 488 g/mol. The lowest BCUT2D eigenvalue weighted by molar-refractivity contribution is -0.137. The molecule has 0 saturated heterocycles. The molecule has 3 rings (SSSR count). The van der Waals surface area contributed by atoms with Gasteiger partial charge in [-0.25, -0.2) is 0 Å². The number of hydrogen-bond donors (Lipinski definition) is 1. The second-order valence-electron chi connectivity index (χ2n) is 6.25. The number of alkyl halides is 3. The molecule has 6 nitrogen and oxygen atoms in total. The molecule has 11 heteroatoms. The quantitative estimate of drug-likeness (QED) is 0.455. The molecular weight excluding hydrogens is 473 g/mol. The van der Waals surface area contributed by atoms with Gasteiger partial charge in [0.2, 0.25) is 11.7 Å². The van der Waals surface area contributed by atoms with Gasteiger partial charge >= 0.3 is 6.18 Å². The van der Waals surface area contributed by atoms with Crippen LogP contribution in [-0.4, -0.2) is 26.4 Å². The van der Waals surface area contributed by atoms with E-state index in [1.807, 2.05) is 13.8 Å². The number of rotatable bonds is 6. The van der Waals surface area contributed by atoms with Gasteiger partial charge in [0.25, 0.3) is 0 Å². The lowest BCUT2D eigenvalue weighted by Gasteiger charge is -2.14. The van der Waals surface area contributed by atoms with Gasteiger partial charge in [0.05, 0.1) is 17.0 Å².